The molecule has 8 heteroatoms. The van der Waals surface area contributed by atoms with Crippen LogP contribution in [0.3, 0.4) is 0 Å². The first-order chi connectivity index (χ1) is 12.8. The van der Waals surface area contributed by atoms with Gasteiger partial charge in [-0.15, -0.1) is 0 Å². The van der Waals surface area contributed by atoms with Crippen molar-refractivity contribution in [1.29, 1.82) is 0 Å². The third kappa shape index (κ3) is 8.33. The zero-order valence-electron chi connectivity index (χ0n) is 18.0. The van der Waals surface area contributed by atoms with Gasteiger partial charge in [-0.3, -0.25) is 9.48 Å². The number of carbonyl (C=O) groups excluding carboxylic acids is 2. The normalized spacial score (nSPS) is 12.3. The van der Waals surface area contributed by atoms with E-state index in [9.17, 15) is 9.59 Å². The summed E-state index contributed by atoms with van der Waals surface area (Å²) in [5.41, 5.74) is 0.287. The largest absolute Gasteiger partial charge is 0.444 e. The maximum atomic E-state index is 12.3. The highest BCUT2D eigenvalue weighted by atomic mass is 35.5. The molecule has 0 spiro atoms. The van der Waals surface area contributed by atoms with E-state index in [0.29, 0.717) is 5.15 Å². The Kier molecular flexibility index (Phi) is 8.54. The van der Waals surface area contributed by atoms with Gasteiger partial charge in [0.15, 0.2) is 0 Å². The van der Waals surface area contributed by atoms with Gasteiger partial charge in [0, 0.05) is 24.7 Å². The van der Waals surface area contributed by atoms with E-state index in [2.05, 4.69) is 22.7 Å². The van der Waals surface area contributed by atoms with E-state index in [-0.39, 0.29) is 12.5 Å². The van der Waals surface area contributed by atoms with Gasteiger partial charge in [-0.1, -0.05) is 24.9 Å². The van der Waals surface area contributed by atoms with Gasteiger partial charge in [-0.25, -0.2) is 4.79 Å². The number of ether oxygens (including phenoxy) is 1. The van der Waals surface area contributed by atoms with Crippen molar-refractivity contribution in [2.24, 2.45) is 0 Å². The first kappa shape index (κ1) is 24.0. The van der Waals surface area contributed by atoms with Gasteiger partial charge in [0.05, 0.1) is 11.2 Å². The molecule has 0 saturated heterocycles. The van der Waals surface area contributed by atoms with E-state index >= 15 is 0 Å². The number of amides is 2. The third-order valence-corrected chi connectivity index (χ3v) is 4.17. The van der Waals surface area contributed by atoms with Gasteiger partial charge in [0.25, 0.3) is 0 Å². The number of hydrogen-bond donors (Lipinski definition) is 2. The summed E-state index contributed by atoms with van der Waals surface area (Å²) in [6.07, 6.45) is 4.61. The Bertz CT molecular complexity index is 718. The predicted octanol–water partition coefficient (Wildman–Crippen LogP) is 4.08. The second-order valence-corrected chi connectivity index (χ2v) is 8.79. The van der Waals surface area contributed by atoms with Gasteiger partial charge in [-0.2, -0.15) is 5.10 Å². The number of rotatable bonds is 8. The van der Waals surface area contributed by atoms with E-state index < -0.39 is 17.2 Å². The van der Waals surface area contributed by atoms with Gasteiger partial charge in [0.2, 0.25) is 5.91 Å². The Morgan fingerprint density at radius 3 is 2.46 bits per heavy atom. The molecular weight excluding hydrogens is 380 g/mol. The molecule has 0 aliphatic heterocycles. The van der Waals surface area contributed by atoms with E-state index in [1.165, 1.54) is 6.08 Å². The fourth-order valence-corrected chi connectivity index (χ4v) is 2.72. The van der Waals surface area contributed by atoms with Crippen molar-refractivity contribution in [3.05, 3.63) is 22.5 Å². The SMILES string of the molecule is CCCCn1nc(C)c(C=CC(=O)NC(C)(C)CNC(=O)OC(C)(C)C)c1Cl. The van der Waals surface area contributed by atoms with Crippen LogP contribution in [-0.2, 0) is 16.1 Å². The number of nitrogens with one attached hydrogen (secondary N) is 2. The standard InChI is InChI=1S/C20H33ClN4O3/c1-8-9-12-25-17(21)15(14(2)24-25)10-11-16(26)23-20(6,7)13-22-18(27)28-19(3,4)5/h10-11H,8-9,12-13H2,1-7H3,(H,22,27)(H,23,26). The van der Waals surface area contributed by atoms with E-state index in [4.69, 9.17) is 16.3 Å². The van der Waals surface area contributed by atoms with Crippen LogP contribution in [0.2, 0.25) is 5.15 Å². The molecule has 7 nitrogen and oxygen atoms in total. The number of halogens is 1. The zero-order valence-corrected chi connectivity index (χ0v) is 18.7. The summed E-state index contributed by atoms with van der Waals surface area (Å²) in [5.74, 6) is -0.284. The van der Waals surface area contributed by atoms with Crippen LogP contribution in [0.15, 0.2) is 6.08 Å². The highest BCUT2D eigenvalue weighted by Gasteiger charge is 2.23. The quantitative estimate of drug-likeness (QED) is 0.630. The fourth-order valence-electron chi connectivity index (χ4n) is 2.40. The maximum Gasteiger partial charge on any atom is 0.407 e. The topological polar surface area (TPSA) is 85.3 Å². The molecule has 1 aromatic heterocycles. The zero-order chi connectivity index (χ0) is 21.5. The fraction of sp³-hybridized carbons (Fsp3) is 0.650. The molecule has 0 radical (unpaired) electrons. The molecule has 0 aliphatic rings. The molecule has 28 heavy (non-hydrogen) atoms. The van der Waals surface area contributed by atoms with Crippen LogP contribution in [0.1, 0.15) is 65.6 Å². The maximum absolute atomic E-state index is 12.3. The Morgan fingerprint density at radius 2 is 1.89 bits per heavy atom. The van der Waals surface area contributed by atoms with Gasteiger partial charge < -0.3 is 15.4 Å². The molecule has 0 saturated carbocycles. The number of alkyl carbamates (subject to hydrolysis) is 1. The van der Waals surface area contributed by atoms with Crippen LogP contribution in [0.25, 0.3) is 6.08 Å². The Balaban J connectivity index is 2.65. The summed E-state index contributed by atoms with van der Waals surface area (Å²) in [5, 5.41) is 10.5. The first-order valence-corrected chi connectivity index (χ1v) is 9.92. The second-order valence-electron chi connectivity index (χ2n) is 8.43. The molecule has 1 aromatic rings. The molecule has 0 unspecified atom stereocenters. The number of aromatic nitrogens is 2. The molecule has 0 aromatic carbocycles. The van der Waals surface area contributed by atoms with Crippen LogP contribution in [0, 0.1) is 6.92 Å². The lowest BCUT2D eigenvalue weighted by molar-refractivity contribution is -0.117. The summed E-state index contributed by atoms with van der Waals surface area (Å²) in [6, 6.07) is 0. The van der Waals surface area contributed by atoms with Crippen molar-refractivity contribution in [2.75, 3.05) is 6.54 Å². The van der Waals surface area contributed by atoms with E-state index in [1.54, 1.807) is 31.5 Å². The van der Waals surface area contributed by atoms with Crippen molar-refractivity contribution in [3.63, 3.8) is 0 Å². The Morgan fingerprint density at radius 1 is 1.25 bits per heavy atom. The lowest BCUT2D eigenvalue weighted by Crippen LogP contribution is -2.51. The monoisotopic (exact) mass is 412 g/mol. The van der Waals surface area contributed by atoms with E-state index in [1.807, 2.05) is 20.8 Å². The molecule has 1 rings (SSSR count). The number of carbonyl (C=O) groups is 2. The highest BCUT2D eigenvalue weighted by molar-refractivity contribution is 6.31. The van der Waals surface area contributed by atoms with E-state index in [0.717, 1.165) is 30.6 Å². The smallest absolute Gasteiger partial charge is 0.407 e. The van der Waals surface area contributed by atoms with Crippen molar-refractivity contribution < 1.29 is 14.3 Å². The van der Waals surface area contributed by atoms with Crippen LogP contribution in [-0.4, -0.2) is 39.5 Å². The summed E-state index contributed by atoms with van der Waals surface area (Å²) < 4.78 is 6.96. The second kappa shape index (κ2) is 9.96. The summed E-state index contributed by atoms with van der Waals surface area (Å²) in [4.78, 5) is 24.1. The van der Waals surface area contributed by atoms with Crippen LogP contribution in [0.4, 0.5) is 4.79 Å². The molecule has 0 fully saturated rings. The van der Waals surface area contributed by atoms with Crippen molar-refractivity contribution in [1.82, 2.24) is 20.4 Å². The minimum Gasteiger partial charge on any atom is -0.444 e. The molecule has 158 valence electrons. The summed E-state index contributed by atoms with van der Waals surface area (Å²) in [6.45, 7) is 14.0. The minimum atomic E-state index is -0.650. The lowest BCUT2D eigenvalue weighted by Gasteiger charge is -2.27. The van der Waals surface area contributed by atoms with Crippen LogP contribution >= 0.6 is 11.6 Å². The van der Waals surface area contributed by atoms with Crippen molar-refractivity contribution >= 4 is 29.7 Å². The number of aryl methyl sites for hydroxylation is 2. The van der Waals surface area contributed by atoms with Crippen LogP contribution in [0.5, 0.6) is 0 Å². The molecule has 1 heterocycles. The minimum absolute atomic E-state index is 0.232. The Hall–Kier alpha value is -2.02. The average molecular weight is 413 g/mol. The number of unbranched alkanes of at least 4 members (excludes halogenated alkanes) is 1. The molecule has 2 N–H and O–H groups in total. The Labute approximate surface area is 172 Å². The van der Waals surface area contributed by atoms with Gasteiger partial charge in [-0.05, 0) is 54.0 Å². The lowest BCUT2D eigenvalue weighted by atomic mass is 10.1. The van der Waals surface area contributed by atoms with Crippen molar-refractivity contribution in [2.45, 2.75) is 79.0 Å². The molecule has 2 amide bonds. The molecule has 0 bridgehead atoms. The predicted molar refractivity (Wildman–Crippen MR) is 112 cm³/mol. The molecule has 0 aliphatic carbocycles. The average Bonchev–Trinajstić information content (AvgIpc) is 2.81. The first-order valence-electron chi connectivity index (χ1n) is 9.54. The summed E-state index contributed by atoms with van der Waals surface area (Å²) >= 11 is 6.38. The molecular formula is C20H33ClN4O3. The van der Waals surface area contributed by atoms with Crippen LogP contribution < -0.4 is 10.6 Å². The highest BCUT2D eigenvalue weighted by Crippen LogP contribution is 2.21. The van der Waals surface area contributed by atoms with Crippen molar-refractivity contribution in [3.8, 4) is 0 Å². The third-order valence-electron chi connectivity index (χ3n) is 3.77. The number of hydrogen-bond acceptors (Lipinski definition) is 4. The number of nitrogens with zero attached hydrogens (tertiary/aromatic N) is 2. The molecule has 0 atom stereocenters. The van der Waals surface area contributed by atoms with Gasteiger partial charge in [0.1, 0.15) is 10.8 Å². The summed E-state index contributed by atoms with van der Waals surface area (Å²) in [7, 11) is 0. The van der Waals surface area contributed by atoms with Gasteiger partial charge >= 0.3 is 6.09 Å².